The molecule has 0 radical (unpaired) electrons. The lowest BCUT2D eigenvalue weighted by Gasteiger charge is -2.12. The fourth-order valence-corrected chi connectivity index (χ4v) is 9.13. The third-order valence-electron chi connectivity index (χ3n) is 11.6. The van der Waals surface area contributed by atoms with Crippen molar-refractivity contribution in [3.8, 4) is 34.4 Å². The second-order valence-electron chi connectivity index (χ2n) is 14.8. The predicted molar refractivity (Wildman–Crippen MR) is 234 cm³/mol. The zero-order chi connectivity index (χ0) is 37.9. The van der Waals surface area contributed by atoms with Gasteiger partial charge in [-0.3, -0.25) is 9.13 Å². The van der Waals surface area contributed by atoms with Gasteiger partial charge in [0.25, 0.3) is 0 Å². The van der Waals surface area contributed by atoms with Crippen LogP contribution in [-0.4, -0.2) is 24.1 Å². The first-order chi connectivity index (χ1) is 28.8. The number of nitrogens with zero attached hydrogens (tertiary/aromatic N) is 5. The maximum absolute atomic E-state index is 6.59. The molecule has 270 valence electrons. The molecule has 0 aliphatic carbocycles. The number of rotatable bonds is 4. The van der Waals surface area contributed by atoms with Crippen LogP contribution in [0.25, 0.3) is 122 Å². The van der Waals surface area contributed by atoms with Crippen LogP contribution >= 0.6 is 0 Å². The van der Waals surface area contributed by atoms with Crippen molar-refractivity contribution in [2.75, 3.05) is 0 Å². The Hall–Kier alpha value is -8.03. The van der Waals surface area contributed by atoms with E-state index in [4.69, 9.17) is 23.8 Å². The highest BCUT2D eigenvalue weighted by molar-refractivity contribution is 6.27. The largest absolute Gasteiger partial charge is 0.456 e. The lowest BCUT2D eigenvalue weighted by Crippen LogP contribution is -2.10. The predicted octanol–water partition coefficient (Wildman–Crippen LogP) is 13.2. The van der Waals surface area contributed by atoms with Crippen molar-refractivity contribution in [2.24, 2.45) is 0 Å². The summed E-state index contributed by atoms with van der Waals surface area (Å²) in [4.78, 5) is 16.0. The summed E-state index contributed by atoms with van der Waals surface area (Å²) in [7, 11) is 0. The van der Waals surface area contributed by atoms with Crippen LogP contribution in [0.5, 0.6) is 0 Å². The van der Waals surface area contributed by atoms with Gasteiger partial charge in [0.05, 0.1) is 22.1 Å². The Balaban J connectivity index is 1.11. The normalized spacial score (nSPS) is 12.1. The van der Waals surface area contributed by atoms with Gasteiger partial charge in [0.1, 0.15) is 22.3 Å². The topological polar surface area (TPSA) is 74.8 Å². The molecule has 0 saturated carbocycles. The van der Waals surface area contributed by atoms with E-state index in [9.17, 15) is 0 Å². The molecule has 5 heterocycles. The zero-order valence-corrected chi connectivity index (χ0v) is 30.8. The molecule has 0 atom stereocenters. The number of aromatic nitrogens is 5. The Labute approximate surface area is 329 Å². The summed E-state index contributed by atoms with van der Waals surface area (Å²) in [5.41, 5.74) is 10.4. The molecule has 7 heteroatoms. The van der Waals surface area contributed by atoms with E-state index in [1.807, 2.05) is 24.3 Å². The average molecular weight is 744 g/mol. The summed E-state index contributed by atoms with van der Waals surface area (Å²) in [5.74, 6) is 1.57. The Morgan fingerprint density at radius 1 is 0.328 bits per heavy atom. The van der Waals surface area contributed by atoms with Crippen molar-refractivity contribution < 1.29 is 8.83 Å². The number of furan rings is 2. The van der Waals surface area contributed by atoms with Crippen molar-refractivity contribution in [3.05, 3.63) is 176 Å². The van der Waals surface area contributed by atoms with Crippen molar-refractivity contribution in [3.63, 3.8) is 0 Å². The number of benzene rings is 8. The fraction of sp³-hybridized carbons (Fsp3) is 0. The first-order valence-electron chi connectivity index (χ1n) is 19.4. The van der Waals surface area contributed by atoms with Crippen LogP contribution in [-0.2, 0) is 0 Å². The standard InChI is InChI=1S/C51H29N5O2/c1-2-13-30(14-3-1)32-19-12-24-43-46(32)37-26-25-31(29-45(37)58-43)49-52-50(55-38-20-8-4-15-33(38)34-16-5-9-21-39(34)55)54-51(53-49)56-40-22-10-6-17-35(40)47-41(56)27-28-44-48(47)36-18-7-11-23-42(36)57-44/h1-29H. The van der Waals surface area contributed by atoms with Gasteiger partial charge in [-0.1, -0.05) is 121 Å². The first-order valence-corrected chi connectivity index (χ1v) is 19.4. The van der Waals surface area contributed by atoms with E-state index >= 15 is 0 Å². The van der Waals surface area contributed by atoms with Crippen LogP contribution in [0.15, 0.2) is 185 Å². The molecule has 0 saturated heterocycles. The molecule has 0 spiro atoms. The number of fused-ring (bicyclic) bond motifs is 13. The molecule has 0 amide bonds. The molecule has 0 aliphatic heterocycles. The molecule has 58 heavy (non-hydrogen) atoms. The zero-order valence-electron chi connectivity index (χ0n) is 30.8. The molecule has 0 unspecified atom stereocenters. The van der Waals surface area contributed by atoms with E-state index in [1.165, 1.54) is 0 Å². The summed E-state index contributed by atoms with van der Waals surface area (Å²) in [5, 5.41) is 8.71. The summed E-state index contributed by atoms with van der Waals surface area (Å²) < 4.78 is 17.3. The van der Waals surface area contributed by atoms with Crippen molar-refractivity contribution in [2.45, 2.75) is 0 Å². The van der Waals surface area contributed by atoms with E-state index in [-0.39, 0.29) is 0 Å². The summed E-state index contributed by atoms with van der Waals surface area (Å²) >= 11 is 0. The third kappa shape index (κ3) is 4.35. The lowest BCUT2D eigenvalue weighted by molar-refractivity contribution is 0.669. The SMILES string of the molecule is c1ccc(-c2cccc3oc4cc(-c5nc(-n6c7ccccc7c7ccccc76)nc(-n6c7ccccc7c7c8c(ccc76)oc6ccccc68)n5)ccc4c23)cc1. The average Bonchev–Trinajstić information content (AvgIpc) is 4.03. The van der Waals surface area contributed by atoms with Crippen LogP contribution in [0, 0.1) is 0 Å². The molecule has 0 fully saturated rings. The van der Waals surface area contributed by atoms with E-state index in [1.54, 1.807) is 0 Å². The molecule has 8 aromatic carbocycles. The van der Waals surface area contributed by atoms with Gasteiger partial charge in [-0.25, -0.2) is 0 Å². The Morgan fingerprint density at radius 3 is 1.66 bits per heavy atom. The van der Waals surface area contributed by atoms with Crippen LogP contribution in [0.4, 0.5) is 0 Å². The van der Waals surface area contributed by atoms with Crippen molar-refractivity contribution >= 4 is 87.5 Å². The molecule has 0 N–H and O–H groups in total. The van der Waals surface area contributed by atoms with Gasteiger partial charge < -0.3 is 8.83 Å². The van der Waals surface area contributed by atoms with E-state index in [0.717, 1.165) is 104 Å². The highest BCUT2D eigenvalue weighted by atomic mass is 16.3. The van der Waals surface area contributed by atoms with E-state index in [0.29, 0.717) is 17.7 Å². The molecule has 5 aromatic heterocycles. The van der Waals surface area contributed by atoms with Gasteiger partial charge in [-0.05, 0) is 65.7 Å². The summed E-state index contributed by atoms with van der Waals surface area (Å²) in [6.07, 6.45) is 0. The Kier molecular flexibility index (Phi) is 6.32. The van der Waals surface area contributed by atoms with E-state index in [2.05, 4.69) is 161 Å². The van der Waals surface area contributed by atoms with Gasteiger partial charge in [0.2, 0.25) is 11.9 Å². The first kappa shape index (κ1) is 31.2. The maximum atomic E-state index is 6.59. The Morgan fingerprint density at radius 2 is 0.897 bits per heavy atom. The van der Waals surface area contributed by atoms with Crippen LogP contribution in [0.3, 0.4) is 0 Å². The second-order valence-corrected chi connectivity index (χ2v) is 14.8. The van der Waals surface area contributed by atoms with Crippen LogP contribution < -0.4 is 0 Å². The van der Waals surface area contributed by atoms with Gasteiger partial charge in [-0.15, -0.1) is 0 Å². The highest BCUT2D eigenvalue weighted by Gasteiger charge is 2.23. The number of para-hydroxylation sites is 4. The minimum absolute atomic E-state index is 0.510. The lowest BCUT2D eigenvalue weighted by atomic mass is 9.99. The second kappa shape index (κ2) is 11.7. The molecule has 13 aromatic rings. The molecule has 7 nitrogen and oxygen atoms in total. The highest BCUT2D eigenvalue weighted by Crippen LogP contribution is 2.42. The molecular formula is C51H29N5O2. The van der Waals surface area contributed by atoms with Crippen LogP contribution in [0.2, 0.25) is 0 Å². The molecular weight excluding hydrogens is 715 g/mol. The van der Waals surface area contributed by atoms with Gasteiger partial charge in [0.15, 0.2) is 5.82 Å². The fourth-order valence-electron chi connectivity index (χ4n) is 9.13. The van der Waals surface area contributed by atoms with Crippen LogP contribution in [0.1, 0.15) is 0 Å². The third-order valence-corrected chi connectivity index (χ3v) is 11.6. The smallest absolute Gasteiger partial charge is 0.240 e. The van der Waals surface area contributed by atoms with Gasteiger partial charge in [0, 0.05) is 48.7 Å². The maximum Gasteiger partial charge on any atom is 0.240 e. The van der Waals surface area contributed by atoms with Gasteiger partial charge >= 0.3 is 0 Å². The summed E-state index contributed by atoms with van der Waals surface area (Å²) in [6.45, 7) is 0. The Bertz CT molecular complexity index is 3760. The summed E-state index contributed by atoms with van der Waals surface area (Å²) in [6, 6.07) is 60.7. The van der Waals surface area contributed by atoms with E-state index < -0.39 is 0 Å². The van der Waals surface area contributed by atoms with Crippen molar-refractivity contribution in [1.29, 1.82) is 0 Å². The molecule has 0 aliphatic rings. The minimum atomic E-state index is 0.510. The monoisotopic (exact) mass is 743 g/mol. The number of hydrogen-bond acceptors (Lipinski definition) is 5. The quantitative estimate of drug-likeness (QED) is 0.179. The number of hydrogen-bond donors (Lipinski definition) is 0. The van der Waals surface area contributed by atoms with Crippen molar-refractivity contribution in [1.82, 2.24) is 24.1 Å². The molecule has 0 bridgehead atoms. The minimum Gasteiger partial charge on any atom is -0.456 e. The van der Waals surface area contributed by atoms with Gasteiger partial charge in [-0.2, -0.15) is 15.0 Å². The molecule has 13 rings (SSSR count).